The number of phenolic OH excluding ortho intramolecular Hbond substituents is 1. The lowest BCUT2D eigenvalue weighted by Gasteiger charge is -2.00. The molecule has 0 saturated carbocycles. The van der Waals surface area contributed by atoms with Crippen LogP contribution in [0.1, 0.15) is 5.56 Å². The standard InChI is InChI=1S/C13H9FN2OS/c1-7-2-3-8(6-10(7)17)12-15-9-4-5-11(14)16-13(9)18-12/h2-6,17H,1H3. The molecule has 2 aromatic heterocycles. The highest BCUT2D eigenvalue weighted by Crippen LogP contribution is 2.31. The Morgan fingerprint density at radius 2 is 2.00 bits per heavy atom. The molecule has 0 saturated heterocycles. The number of hydrogen-bond acceptors (Lipinski definition) is 4. The lowest BCUT2D eigenvalue weighted by molar-refractivity contribution is 0.471. The minimum atomic E-state index is -0.510. The molecule has 3 aromatic rings. The van der Waals surface area contributed by atoms with Gasteiger partial charge in [0, 0.05) is 5.56 Å². The van der Waals surface area contributed by atoms with Crippen molar-refractivity contribution in [2.45, 2.75) is 6.92 Å². The highest BCUT2D eigenvalue weighted by atomic mass is 32.1. The van der Waals surface area contributed by atoms with Crippen molar-refractivity contribution in [2.24, 2.45) is 0 Å². The number of benzene rings is 1. The summed E-state index contributed by atoms with van der Waals surface area (Å²) in [5.41, 5.74) is 2.28. The third-order valence-electron chi connectivity index (χ3n) is 2.68. The second-order valence-electron chi connectivity index (χ2n) is 3.98. The van der Waals surface area contributed by atoms with E-state index in [1.165, 1.54) is 17.4 Å². The third kappa shape index (κ3) is 1.82. The summed E-state index contributed by atoms with van der Waals surface area (Å²) in [5, 5.41) is 10.4. The van der Waals surface area contributed by atoms with Crippen LogP contribution in [-0.4, -0.2) is 15.1 Å². The molecule has 3 nitrogen and oxygen atoms in total. The number of pyridine rings is 1. The van der Waals surface area contributed by atoms with Crippen molar-refractivity contribution in [3.05, 3.63) is 41.8 Å². The Balaban J connectivity index is 2.16. The van der Waals surface area contributed by atoms with E-state index in [9.17, 15) is 9.50 Å². The summed E-state index contributed by atoms with van der Waals surface area (Å²) in [7, 11) is 0. The van der Waals surface area contributed by atoms with Crippen molar-refractivity contribution in [2.75, 3.05) is 0 Å². The highest BCUT2D eigenvalue weighted by molar-refractivity contribution is 7.21. The topological polar surface area (TPSA) is 46.0 Å². The summed E-state index contributed by atoms with van der Waals surface area (Å²) in [5.74, 6) is -0.282. The summed E-state index contributed by atoms with van der Waals surface area (Å²) in [6.07, 6.45) is 0. The number of hydrogen-bond donors (Lipinski definition) is 1. The number of nitrogens with zero attached hydrogens (tertiary/aromatic N) is 2. The zero-order chi connectivity index (χ0) is 12.7. The molecule has 1 aromatic carbocycles. The molecule has 5 heteroatoms. The Morgan fingerprint density at radius 1 is 1.17 bits per heavy atom. The number of phenols is 1. The molecular formula is C13H9FN2OS. The van der Waals surface area contributed by atoms with Crippen LogP contribution in [0.3, 0.4) is 0 Å². The first-order chi connectivity index (χ1) is 8.63. The molecular weight excluding hydrogens is 251 g/mol. The first-order valence-corrected chi connectivity index (χ1v) is 6.18. The smallest absolute Gasteiger partial charge is 0.214 e. The van der Waals surface area contributed by atoms with Crippen molar-refractivity contribution in [3.8, 4) is 16.3 Å². The van der Waals surface area contributed by atoms with E-state index in [4.69, 9.17) is 0 Å². The number of fused-ring (bicyclic) bond motifs is 1. The van der Waals surface area contributed by atoms with E-state index in [1.807, 2.05) is 19.1 Å². The van der Waals surface area contributed by atoms with E-state index < -0.39 is 5.95 Å². The van der Waals surface area contributed by atoms with Gasteiger partial charge in [-0.05, 0) is 30.7 Å². The molecule has 0 aliphatic carbocycles. The summed E-state index contributed by atoms with van der Waals surface area (Å²) < 4.78 is 13.0. The van der Waals surface area contributed by atoms with Crippen LogP contribution in [0.25, 0.3) is 20.9 Å². The SMILES string of the molecule is Cc1ccc(-c2nc3ccc(F)nc3s2)cc1O. The molecule has 0 amide bonds. The minimum absolute atomic E-state index is 0.228. The Kier molecular flexibility index (Phi) is 2.48. The van der Waals surface area contributed by atoms with Gasteiger partial charge >= 0.3 is 0 Å². The van der Waals surface area contributed by atoms with Crippen LogP contribution in [0, 0.1) is 12.9 Å². The van der Waals surface area contributed by atoms with Crippen molar-refractivity contribution < 1.29 is 9.50 Å². The first-order valence-electron chi connectivity index (χ1n) is 5.36. The van der Waals surface area contributed by atoms with Crippen molar-refractivity contribution in [1.29, 1.82) is 0 Å². The van der Waals surface area contributed by atoms with Gasteiger partial charge < -0.3 is 5.11 Å². The van der Waals surface area contributed by atoms with Crippen LogP contribution in [0.4, 0.5) is 4.39 Å². The molecule has 0 atom stereocenters. The summed E-state index contributed by atoms with van der Waals surface area (Å²) in [6.45, 7) is 1.83. The fraction of sp³-hybridized carbons (Fsp3) is 0.0769. The Morgan fingerprint density at radius 3 is 2.78 bits per heavy atom. The maximum absolute atomic E-state index is 13.0. The molecule has 0 spiro atoms. The molecule has 3 rings (SSSR count). The largest absolute Gasteiger partial charge is 0.508 e. The predicted molar refractivity (Wildman–Crippen MR) is 69.2 cm³/mol. The number of halogens is 1. The molecule has 90 valence electrons. The highest BCUT2D eigenvalue weighted by Gasteiger charge is 2.09. The van der Waals surface area contributed by atoms with Crippen LogP contribution >= 0.6 is 11.3 Å². The van der Waals surface area contributed by atoms with Crippen molar-refractivity contribution in [1.82, 2.24) is 9.97 Å². The van der Waals surface area contributed by atoms with Crippen molar-refractivity contribution >= 4 is 21.7 Å². The predicted octanol–water partition coefficient (Wildman–Crippen LogP) is 3.51. The van der Waals surface area contributed by atoms with Gasteiger partial charge in [-0.25, -0.2) is 9.97 Å². The first kappa shape index (κ1) is 11.1. The second kappa shape index (κ2) is 4.03. The summed E-state index contributed by atoms with van der Waals surface area (Å²) in [6, 6.07) is 8.25. The molecule has 18 heavy (non-hydrogen) atoms. The van der Waals surface area contributed by atoms with E-state index in [-0.39, 0.29) is 5.75 Å². The Bertz CT molecular complexity index is 739. The average molecular weight is 260 g/mol. The van der Waals surface area contributed by atoms with Crippen LogP contribution in [0.5, 0.6) is 5.75 Å². The Labute approximate surface area is 107 Å². The summed E-state index contributed by atoms with van der Waals surface area (Å²) in [4.78, 5) is 8.72. The number of aryl methyl sites for hydroxylation is 1. The van der Waals surface area contributed by atoms with E-state index in [0.717, 1.165) is 16.1 Å². The lowest BCUT2D eigenvalue weighted by atomic mass is 10.1. The third-order valence-corrected chi connectivity index (χ3v) is 3.69. The quantitative estimate of drug-likeness (QED) is 0.681. The number of aromatic nitrogens is 2. The van der Waals surface area contributed by atoms with Gasteiger partial charge in [0.2, 0.25) is 5.95 Å². The normalized spacial score (nSPS) is 11.0. The van der Waals surface area contributed by atoms with E-state index in [2.05, 4.69) is 9.97 Å². The fourth-order valence-corrected chi connectivity index (χ4v) is 2.58. The van der Waals surface area contributed by atoms with E-state index in [1.54, 1.807) is 12.1 Å². The van der Waals surface area contributed by atoms with Gasteiger partial charge in [0.15, 0.2) is 0 Å². The lowest BCUT2D eigenvalue weighted by Crippen LogP contribution is -1.80. The number of rotatable bonds is 1. The van der Waals surface area contributed by atoms with Crippen LogP contribution in [0.2, 0.25) is 0 Å². The van der Waals surface area contributed by atoms with Gasteiger partial charge in [0.25, 0.3) is 0 Å². The van der Waals surface area contributed by atoms with Crippen molar-refractivity contribution in [3.63, 3.8) is 0 Å². The number of thiazole rings is 1. The van der Waals surface area contributed by atoms with E-state index in [0.29, 0.717) is 10.3 Å². The van der Waals surface area contributed by atoms with Gasteiger partial charge in [0.05, 0.1) is 0 Å². The monoisotopic (exact) mass is 260 g/mol. The molecule has 2 heterocycles. The molecule has 1 N–H and O–H groups in total. The van der Waals surface area contributed by atoms with Gasteiger partial charge in [-0.15, -0.1) is 0 Å². The fourth-order valence-electron chi connectivity index (χ4n) is 1.66. The van der Waals surface area contributed by atoms with Gasteiger partial charge in [-0.2, -0.15) is 4.39 Å². The van der Waals surface area contributed by atoms with Crippen LogP contribution in [-0.2, 0) is 0 Å². The molecule has 0 bridgehead atoms. The summed E-state index contributed by atoms with van der Waals surface area (Å²) >= 11 is 1.31. The molecule has 0 radical (unpaired) electrons. The zero-order valence-corrected chi connectivity index (χ0v) is 10.3. The molecule has 0 fully saturated rings. The zero-order valence-electron chi connectivity index (χ0n) is 9.51. The molecule has 0 aliphatic heterocycles. The average Bonchev–Trinajstić information content (AvgIpc) is 2.75. The number of aromatic hydroxyl groups is 1. The molecule has 0 aliphatic rings. The maximum atomic E-state index is 13.0. The van der Waals surface area contributed by atoms with Gasteiger partial charge in [0.1, 0.15) is 21.1 Å². The molecule has 0 unspecified atom stereocenters. The van der Waals surface area contributed by atoms with Crippen LogP contribution < -0.4 is 0 Å². The second-order valence-corrected chi connectivity index (χ2v) is 4.96. The van der Waals surface area contributed by atoms with Gasteiger partial charge in [-0.1, -0.05) is 23.5 Å². The maximum Gasteiger partial charge on any atom is 0.214 e. The Hall–Kier alpha value is -2.01. The minimum Gasteiger partial charge on any atom is -0.508 e. The van der Waals surface area contributed by atoms with Crippen LogP contribution in [0.15, 0.2) is 30.3 Å². The van der Waals surface area contributed by atoms with E-state index >= 15 is 0 Å². The van der Waals surface area contributed by atoms with Gasteiger partial charge in [-0.3, -0.25) is 0 Å².